The summed E-state index contributed by atoms with van der Waals surface area (Å²) in [6.07, 6.45) is -1.69. The van der Waals surface area contributed by atoms with Crippen LogP contribution >= 0.6 is 0 Å². The molecule has 0 radical (unpaired) electrons. The first-order valence-electron chi connectivity index (χ1n) is 4.94. The SMILES string of the molecule is O=[N+]([O-])c1ccccc1N1C[C@@H](O)[C@@H](O)C1. The monoisotopic (exact) mass is 224 g/mol. The van der Waals surface area contributed by atoms with Crippen LogP contribution in [0.3, 0.4) is 0 Å². The highest BCUT2D eigenvalue weighted by Gasteiger charge is 2.32. The lowest BCUT2D eigenvalue weighted by molar-refractivity contribution is -0.384. The van der Waals surface area contributed by atoms with Crippen LogP contribution in [0.2, 0.25) is 0 Å². The Labute approximate surface area is 91.9 Å². The molecule has 86 valence electrons. The molecule has 0 aliphatic carbocycles. The van der Waals surface area contributed by atoms with Gasteiger partial charge in [-0.25, -0.2) is 0 Å². The minimum atomic E-state index is -0.847. The van der Waals surface area contributed by atoms with Gasteiger partial charge in [-0.05, 0) is 6.07 Å². The normalized spacial score (nSPS) is 24.8. The number of benzene rings is 1. The van der Waals surface area contributed by atoms with Crippen molar-refractivity contribution in [2.75, 3.05) is 18.0 Å². The molecule has 0 bridgehead atoms. The molecule has 0 saturated carbocycles. The van der Waals surface area contributed by atoms with E-state index in [0.717, 1.165) is 0 Å². The number of anilines is 1. The summed E-state index contributed by atoms with van der Waals surface area (Å²) in [4.78, 5) is 11.9. The molecule has 1 aromatic rings. The third-order valence-corrected chi connectivity index (χ3v) is 2.68. The second-order valence-electron chi connectivity index (χ2n) is 3.79. The topological polar surface area (TPSA) is 86.8 Å². The molecule has 1 aromatic carbocycles. The lowest BCUT2D eigenvalue weighted by Crippen LogP contribution is -2.22. The summed E-state index contributed by atoms with van der Waals surface area (Å²) in [5.41, 5.74) is 0.423. The van der Waals surface area contributed by atoms with Gasteiger partial charge in [0.25, 0.3) is 5.69 Å². The Bertz CT molecular complexity index is 400. The molecule has 1 heterocycles. The zero-order valence-corrected chi connectivity index (χ0v) is 8.48. The van der Waals surface area contributed by atoms with Crippen molar-refractivity contribution in [3.8, 4) is 0 Å². The molecule has 0 aromatic heterocycles. The second kappa shape index (κ2) is 4.07. The first-order chi connectivity index (χ1) is 7.59. The maximum atomic E-state index is 10.8. The van der Waals surface area contributed by atoms with Crippen molar-refractivity contribution >= 4 is 11.4 Å². The molecule has 0 spiro atoms. The molecule has 1 aliphatic rings. The Morgan fingerprint density at radius 3 is 2.38 bits per heavy atom. The molecular weight excluding hydrogens is 212 g/mol. The number of aliphatic hydroxyl groups is 2. The number of nitrogens with zero attached hydrogens (tertiary/aromatic N) is 2. The summed E-state index contributed by atoms with van der Waals surface area (Å²) in [6, 6.07) is 6.30. The number of para-hydroxylation sites is 2. The fourth-order valence-corrected chi connectivity index (χ4v) is 1.85. The van der Waals surface area contributed by atoms with E-state index in [1.165, 1.54) is 6.07 Å². The van der Waals surface area contributed by atoms with Gasteiger partial charge in [-0.1, -0.05) is 12.1 Å². The van der Waals surface area contributed by atoms with Gasteiger partial charge in [0.15, 0.2) is 0 Å². The van der Waals surface area contributed by atoms with Crippen LogP contribution in [0.4, 0.5) is 11.4 Å². The lowest BCUT2D eigenvalue weighted by Gasteiger charge is -2.17. The Morgan fingerprint density at radius 1 is 1.25 bits per heavy atom. The minimum absolute atomic E-state index is 0.0104. The molecule has 2 atom stereocenters. The van der Waals surface area contributed by atoms with Gasteiger partial charge in [0.05, 0.1) is 17.1 Å². The summed E-state index contributed by atoms with van der Waals surface area (Å²) in [5, 5.41) is 29.6. The summed E-state index contributed by atoms with van der Waals surface area (Å²) < 4.78 is 0. The molecule has 1 fully saturated rings. The molecule has 1 saturated heterocycles. The number of hydrogen-bond donors (Lipinski definition) is 2. The van der Waals surface area contributed by atoms with E-state index in [4.69, 9.17) is 0 Å². The van der Waals surface area contributed by atoms with Crippen molar-refractivity contribution in [1.82, 2.24) is 0 Å². The highest BCUT2D eigenvalue weighted by molar-refractivity contribution is 5.63. The van der Waals surface area contributed by atoms with Gasteiger partial charge in [0, 0.05) is 19.2 Å². The van der Waals surface area contributed by atoms with Gasteiger partial charge in [-0.3, -0.25) is 10.1 Å². The van der Waals surface area contributed by atoms with E-state index in [2.05, 4.69) is 0 Å². The Kier molecular flexibility index (Phi) is 2.76. The van der Waals surface area contributed by atoms with Crippen LogP contribution in [0.25, 0.3) is 0 Å². The van der Waals surface area contributed by atoms with Gasteiger partial charge in [0.1, 0.15) is 5.69 Å². The largest absolute Gasteiger partial charge is 0.389 e. The number of rotatable bonds is 2. The van der Waals surface area contributed by atoms with E-state index in [1.807, 2.05) is 0 Å². The van der Waals surface area contributed by atoms with Crippen molar-refractivity contribution in [2.45, 2.75) is 12.2 Å². The van der Waals surface area contributed by atoms with Crippen LogP contribution in [0.1, 0.15) is 0 Å². The first kappa shape index (κ1) is 10.8. The van der Waals surface area contributed by atoms with Gasteiger partial charge in [-0.15, -0.1) is 0 Å². The highest BCUT2D eigenvalue weighted by Crippen LogP contribution is 2.30. The van der Waals surface area contributed by atoms with Crippen molar-refractivity contribution in [3.05, 3.63) is 34.4 Å². The molecule has 16 heavy (non-hydrogen) atoms. The molecule has 0 unspecified atom stereocenters. The molecule has 6 heteroatoms. The van der Waals surface area contributed by atoms with Crippen LogP contribution < -0.4 is 4.90 Å². The molecule has 6 nitrogen and oxygen atoms in total. The fraction of sp³-hybridized carbons (Fsp3) is 0.400. The summed E-state index contributed by atoms with van der Waals surface area (Å²) in [6.45, 7) is 0.429. The summed E-state index contributed by atoms with van der Waals surface area (Å²) in [7, 11) is 0. The van der Waals surface area contributed by atoms with Crippen LogP contribution in [0.5, 0.6) is 0 Å². The highest BCUT2D eigenvalue weighted by atomic mass is 16.6. The Hall–Kier alpha value is -1.66. The van der Waals surface area contributed by atoms with E-state index in [9.17, 15) is 20.3 Å². The first-order valence-corrected chi connectivity index (χ1v) is 4.94. The average Bonchev–Trinajstić information content (AvgIpc) is 2.59. The van der Waals surface area contributed by atoms with Crippen LogP contribution in [-0.4, -0.2) is 40.4 Å². The second-order valence-corrected chi connectivity index (χ2v) is 3.79. The van der Waals surface area contributed by atoms with Crippen LogP contribution in [-0.2, 0) is 0 Å². The Morgan fingerprint density at radius 2 is 1.81 bits per heavy atom. The van der Waals surface area contributed by atoms with Crippen LogP contribution in [0.15, 0.2) is 24.3 Å². The number of β-amino-alcohol motifs (C(OH)–C–C–N with tert-alkyl or cyclic N) is 2. The quantitative estimate of drug-likeness (QED) is 0.551. The van der Waals surface area contributed by atoms with Crippen molar-refractivity contribution in [1.29, 1.82) is 0 Å². The van der Waals surface area contributed by atoms with Gasteiger partial charge in [-0.2, -0.15) is 0 Å². The maximum Gasteiger partial charge on any atom is 0.292 e. The number of nitro groups is 1. The van der Waals surface area contributed by atoms with Crippen molar-refractivity contribution in [3.63, 3.8) is 0 Å². The van der Waals surface area contributed by atoms with E-state index < -0.39 is 17.1 Å². The zero-order valence-electron chi connectivity index (χ0n) is 8.48. The number of aliphatic hydroxyl groups excluding tert-OH is 2. The molecule has 2 N–H and O–H groups in total. The zero-order chi connectivity index (χ0) is 11.7. The fourth-order valence-electron chi connectivity index (χ4n) is 1.85. The van der Waals surface area contributed by atoms with E-state index in [0.29, 0.717) is 5.69 Å². The predicted molar refractivity (Wildman–Crippen MR) is 57.3 cm³/mol. The van der Waals surface area contributed by atoms with Gasteiger partial charge >= 0.3 is 0 Å². The minimum Gasteiger partial charge on any atom is -0.389 e. The van der Waals surface area contributed by atoms with E-state index >= 15 is 0 Å². The summed E-state index contributed by atoms with van der Waals surface area (Å²) in [5.74, 6) is 0. The van der Waals surface area contributed by atoms with Crippen molar-refractivity contribution < 1.29 is 15.1 Å². The smallest absolute Gasteiger partial charge is 0.292 e. The average molecular weight is 224 g/mol. The van der Waals surface area contributed by atoms with Crippen LogP contribution in [0, 0.1) is 10.1 Å². The van der Waals surface area contributed by atoms with Gasteiger partial charge < -0.3 is 15.1 Å². The predicted octanol–water partition coefficient (Wildman–Crippen LogP) is 0.137. The standard InChI is InChI=1S/C10H12N2O4/c13-9-5-11(6-10(9)14)7-3-1-2-4-8(7)12(15)16/h1-4,9-10,13-14H,5-6H2/t9-,10+. The molecule has 0 amide bonds. The molecular formula is C10H12N2O4. The third-order valence-electron chi connectivity index (χ3n) is 2.68. The van der Waals surface area contributed by atoms with E-state index in [1.54, 1.807) is 23.1 Å². The van der Waals surface area contributed by atoms with Crippen molar-refractivity contribution in [2.24, 2.45) is 0 Å². The molecule has 2 rings (SSSR count). The summed E-state index contributed by atoms with van der Waals surface area (Å²) >= 11 is 0. The van der Waals surface area contributed by atoms with E-state index in [-0.39, 0.29) is 18.8 Å². The van der Waals surface area contributed by atoms with Gasteiger partial charge in [0.2, 0.25) is 0 Å². The Balaban J connectivity index is 2.31. The molecule has 1 aliphatic heterocycles. The number of nitro benzene ring substituents is 1. The number of hydrogen-bond acceptors (Lipinski definition) is 5. The lowest BCUT2D eigenvalue weighted by atomic mass is 10.2. The maximum absolute atomic E-state index is 10.8. The third kappa shape index (κ3) is 1.84.